The van der Waals surface area contributed by atoms with Crippen LogP contribution in [0, 0.1) is 12.8 Å². The molecule has 4 nitrogen and oxygen atoms in total. The fourth-order valence-electron chi connectivity index (χ4n) is 3.41. The molecule has 0 saturated carbocycles. The summed E-state index contributed by atoms with van der Waals surface area (Å²) in [4.78, 5) is 16.3. The maximum Gasteiger partial charge on any atom is 0.227 e. The lowest BCUT2D eigenvalue weighted by Crippen LogP contribution is -2.44. The fraction of sp³-hybridized carbons (Fsp3) is 0.588. The number of fused-ring (bicyclic) bond motifs is 2. The number of nitrogens with zero attached hydrogens (tertiary/aromatic N) is 2. The van der Waals surface area contributed by atoms with Gasteiger partial charge in [-0.15, -0.1) is 0 Å². The van der Waals surface area contributed by atoms with Crippen molar-refractivity contribution in [2.24, 2.45) is 5.92 Å². The van der Waals surface area contributed by atoms with Gasteiger partial charge in [-0.3, -0.25) is 9.69 Å². The Morgan fingerprint density at radius 3 is 2.67 bits per heavy atom. The van der Waals surface area contributed by atoms with E-state index in [9.17, 15) is 4.79 Å². The van der Waals surface area contributed by atoms with Crippen molar-refractivity contribution in [1.82, 2.24) is 9.80 Å². The number of ether oxygens (including phenoxy) is 1. The Balaban J connectivity index is 1.64. The van der Waals surface area contributed by atoms with Gasteiger partial charge in [0.25, 0.3) is 0 Å². The molecule has 2 saturated heterocycles. The van der Waals surface area contributed by atoms with E-state index in [1.54, 1.807) is 4.90 Å². The van der Waals surface area contributed by atoms with E-state index in [1.807, 2.05) is 14.1 Å². The average molecular weight is 288 g/mol. The van der Waals surface area contributed by atoms with Crippen LogP contribution in [0.2, 0.25) is 0 Å². The minimum absolute atomic E-state index is 0.0352. The topological polar surface area (TPSA) is 32.8 Å². The van der Waals surface area contributed by atoms with Crippen molar-refractivity contribution in [3.8, 4) is 0 Å². The molecule has 4 heteroatoms. The number of carbonyl (C=O) groups excluding carboxylic acids is 1. The molecule has 0 radical (unpaired) electrons. The third kappa shape index (κ3) is 3.11. The number of carbonyl (C=O) groups is 1. The van der Waals surface area contributed by atoms with Crippen molar-refractivity contribution >= 4 is 5.91 Å². The minimum Gasteiger partial charge on any atom is -0.371 e. The number of aryl methyl sites for hydroxylation is 1. The highest BCUT2D eigenvalue weighted by Crippen LogP contribution is 2.33. The lowest BCUT2D eigenvalue weighted by atomic mass is 9.99. The summed E-state index contributed by atoms with van der Waals surface area (Å²) in [6.45, 7) is 4.84. The van der Waals surface area contributed by atoms with E-state index in [0.717, 1.165) is 26.1 Å². The number of rotatable bonds is 3. The molecule has 0 spiro atoms. The van der Waals surface area contributed by atoms with Crippen molar-refractivity contribution in [3.63, 3.8) is 0 Å². The second-order valence-corrected chi connectivity index (χ2v) is 6.55. The zero-order valence-corrected chi connectivity index (χ0v) is 13.1. The Kier molecular flexibility index (Phi) is 4.00. The maximum atomic E-state index is 12.2. The molecular formula is C17H24N2O2. The normalized spacial score (nSPS) is 28.6. The van der Waals surface area contributed by atoms with Gasteiger partial charge in [0.15, 0.2) is 0 Å². The van der Waals surface area contributed by atoms with E-state index < -0.39 is 0 Å². The molecule has 0 N–H and O–H groups in total. The Morgan fingerprint density at radius 1 is 1.29 bits per heavy atom. The van der Waals surface area contributed by atoms with Crippen molar-refractivity contribution in [2.75, 3.05) is 27.2 Å². The van der Waals surface area contributed by atoms with Crippen LogP contribution in [0.1, 0.15) is 17.5 Å². The van der Waals surface area contributed by atoms with Crippen molar-refractivity contribution < 1.29 is 9.53 Å². The molecule has 2 aliphatic heterocycles. The van der Waals surface area contributed by atoms with Gasteiger partial charge in [0, 0.05) is 33.7 Å². The van der Waals surface area contributed by atoms with Gasteiger partial charge in [0.05, 0.1) is 18.1 Å². The van der Waals surface area contributed by atoms with Crippen molar-refractivity contribution in [2.45, 2.75) is 32.1 Å². The van der Waals surface area contributed by atoms with Crippen LogP contribution in [0.4, 0.5) is 0 Å². The first-order valence-corrected chi connectivity index (χ1v) is 7.67. The summed E-state index contributed by atoms with van der Waals surface area (Å²) in [6.07, 6.45) is 1.14. The molecule has 1 aromatic carbocycles. The third-order valence-corrected chi connectivity index (χ3v) is 4.52. The Labute approximate surface area is 126 Å². The largest absolute Gasteiger partial charge is 0.371 e. The SMILES string of the molecule is Cc1ccc(CN2CC3CC(C(=O)N(C)C)C(C2)O3)cc1. The zero-order valence-electron chi connectivity index (χ0n) is 13.1. The van der Waals surface area contributed by atoms with Gasteiger partial charge in [-0.2, -0.15) is 0 Å². The van der Waals surface area contributed by atoms with Gasteiger partial charge in [0.1, 0.15) is 0 Å². The molecule has 114 valence electrons. The molecule has 1 amide bonds. The Morgan fingerprint density at radius 2 is 2.00 bits per heavy atom. The molecule has 21 heavy (non-hydrogen) atoms. The van der Waals surface area contributed by atoms with E-state index >= 15 is 0 Å². The standard InChI is InChI=1S/C17H24N2O2/c1-12-4-6-13(7-5-12)9-19-10-14-8-15(16(11-19)21-14)17(20)18(2)3/h4-7,14-16H,8-11H2,1-3H3. The monoisotopic (exact) mass is 288 g/mol. The van der Waals surface area contributed by atoms with Crippen LogP contribution in [0.5, 0.6) is 0 Å². The van der Waals surface area contributed by atoms with Crippen molar-refractivity contribution in [3.05, 3.63) is 35.4 Å². The van der Waals surface area contributed by atoms with Gasteiger partial charge >= 0.3 is 0 Å². The quantitative estimate of drug-likeness (QED) is 0.848. The molecule has 0 aliphatic carbocycles. The molecule has 3 unspecified atom stereocenters. The maximum absolute atomic E-state index is 12.2. The highest BCUT2D eigenvalue weighted by atomic mass is 16.5. The molecule has 2 bridgehead atoms. The van der Waals surface area contributed by atoms with Crippen LogP contribution < -0.4 is 0 Å². The zero-order chi connectivity index (χ0) is 15.0. The van der Waals surface area contributed by atoms with Crippen LogP contribution in [0.15, 0.2) is 24.3 Å². The summed E-state index contributed by atoms with van der Waals surface area (Å²) >= 11 is 0. The summed E-state index contributed by atoms with van der Waals surface area (Å²) < 4.78 is 5.98. The lowest BCUT2D eigenvalue weighted by Gasteiger charge is -2.33. The summed E-state index contributed by atoms with van der Waals surface area (Å²) in [7, 11) is 3.66. The summed E-state index contributed by atoms with van der Waals surface area (Å²) in [5, 5.41) is 0. The molecule has 2 heterocycles. The van der Waals surface area contributed by atoms with Gasteiger partial charge in [-0.05, 0) is 18.9 Å². The van der Waals surface area contributed by atoms with Crippen LogP contribution in [0.25, 0.3) is 0 Å². The van der Waals surface area contributed by atoms with E-state index in [1.165, 1.54) is 11.1 Å². The van der Waals surface area contributed by atoms with Crippen LogP contribution in [-0.2, 0) is 16.1 Å². The first kappa shape index (κ1) is 14.5. The van der Waals surface area contributed by atoms with Gasteiger partial charge < -0.3 is 9.64 Å². The summed E-state index contributed by atoms with van der Waals surface area (Å²) in [5.41, 5.74) is 2.62. The highest BCUT2D eigenvalue weighted by molar-refractivity contribution is 5.79. The number of morpholine rings is 1. The van der Waals surface area contributed by atoms with Gasteiger partial charge in [-0.1, -0.05) is 29.8 Å². The molecule has 3 rings (SSSR count). The molecule has 3 atom stereocenters. The Bertz CT molecular complexity index is 512. The second kappa shape index (κ2) is 5.78. The molecular weight excluding hydrogens is 264 g/mol. The Hall–Kier alpha value is -1.39. The van der Waals surface area contributed by atoms with E-state index in [2.05, 4.69) is 36.1 Å². The van der Waals surface area contributed by atoms with Crippen LogP contribution >= 0.6 is 0 Å². The molecule has 0 aromatic heterocycles. The number of likely N-dealkylation sites (tertiary alicyclic amines) is 1. The molecule has 2 aliphatic rings. The molecule has 1 aromatic rings. The number of benzene rings is 1. The van der Waals surface area contributed by atoms with E-state index in [4.69, 9.17) is 4.74 Å². The lowest BCUT2D eigenvalue weighted by molar-refractivity contribution is -0.136. The predicted molar refractivity (Wildman–Crippen MR) is 81.9 cm³/mol. The smallest absolute Gasteiger partial charge is 0.227 e. The summed E-state index contributed by atoms with van der Waals surface area (Å²) in [5.74, 6) is 0.243. The predicted octanol–water partition coefficient (Wildman–Crippen LogP) is 1.67. The first-order valence-electron chi connectivity index (χ1n) is 7.67. The number of amides is 1. The van der Waals surface area contributed by atoms with Crippen LogP contribution in [0.3, 0.4) is 0 Å². The average Bonchev–Trinajstić information content (AvgIpc) is 2.75. The minimum atomic E-state index is 0.0352. The number of hydrogen-bond donors (Lipinski definition) is 0. The fourth-order valence-corrected chi connectivity index (χ4v) is 3.41. The second-order valence-electron chi connectivity index (χ2n) is 6.55. The third-order valence-electron chi connectivity index (χ3n) is 4.52. The van der Waals surface area contributed by atoms with Gasteiger partial charge in [0.2, 0.25) is 5.91 Å². The van der Waals surface area contributed by atoms with Crippen molar-refractivity contribution in [1.29, 1.82) is 0 Å². The van der Waals surface area contributed by atoms with E-state index in [-0.39, 0.29) is 24.0 Å². The summed E-state index contributed by atoms with van der Waals surface area (Å²) in [6, 6.07) is 8.69. The van der Waals surface area contributed by atoms with Crippen LogP contribution in [-0.4, -0.2) is 55.1 Å². The molecule has 2 fully saturated rings. The number of hydrogen-bond acceptors (Lipinski definition) is 3. The van der Waals surface area contributed by atoms with E-state index in [0.29, 0.717) is 0 Å². The first-order chi connectivity index (χ1) is 10.0. The van der Waals surface area contributed by atoms with Gasteiger partial charge in [-0.25, -0.2) is 0 Å². The highest BCUT2D eigenvalue weighted by Gasteiger charge is 2.44.